The minimum Gasteiger partial charge on any atom is -0.290 e. The predicted molar refractivity (Wildman–Crippen MR) is 79.9 cm³/mol. The van der Waals surface area contributed by atoms with E-state index in [4.69, 9.17) is 11.6 Å². The molecule has 0 unspecified atom stereocenters. The Morgan fingerprint density at radius 1 is 1.20 bits per heavy atom. The lowest BCUT2D eigenvalue weighted by atomic mass is 10.1. The summed E-state index contributed by atoms with van der Waals surface area (Å²) in [5.74, 6) is 0. The van der Waals surface area contributed by atoms with E-state index in [9.17, 15) is 4.79 Å². The number of fused-ring (bicyclic) bond motifs is 1. The van der Waals surface area contributed by atoms with Crippen LogP contribution < -0.4 is 5.56 Å². The van der Waals surface area contributed by atoms with Gasteiger partial charge in [0.15, 0.2) is 5.65 Å². The van der Waals surface area contributed by atoms with Crippen LogP contribution >= 0.6 is 11.6 Å². The van der Waals surface area contributed by atoms with Gasteiger partial charge in [0.2, 0.25) is 0 Å². The fourth-order valence-corrected chi connectivity index (χ4v) is 2.29. The third kappa shape index (κ3) is 2.08. The average Bonchev–Trinajstić information content (AvgIpc) is 2.48. The second-order valence-electron chi connectivity index (χ2n) is 4.36. The normalized spacial score (nSPS) is 10.9. The van der Waals surface area contributed by atoms with Crippen LogP contribution in [0.5, 0.6) is 0 Å². The van der Waals surface area contributed by atoms with Crippen LogP contribution in [0.1, 0.15) is 6.92 Å². The van der Waals surface area contributed by atoms with Gasteiger partial charge in [0.1, 0.15) is 11.2 Å². The maximum absolute atomic E-state index is 12.5. The van der Waals surface area contributed by atoms with Crippen LogP contribution in [0.3, 0.4) is 0 Å². The van der Waals surface area contributed by atoms with Crippen LogP contribution in [-0.4, -0.2) is 14.5 Å². The zero-order valence-electron chi connectivity index (χ0n) is 10.9. The molecule has 0 saturated heterocycles. The summed E-state index contributed by atoms with van der Waals surface area (Å²) in [6.45, 7) is 2.47. The van der Waals surface area contributed by atoms with Gasteiger partial charge in [0.25, 0.3) is 5.56 Å². The highest BCUT2D eigenvalue weighted by molar-refractivity contribution is 6.30. The second-order valence-corrected chi connectivity index (χ2v) is 4.80. The summed E-state index contributed by atoms with van der Waals surface area (Å²) in [5, 5.41) is 0.632. The number of nitrogens with zero attached hydrogens (tertiary/aromatic N) is 3. The predicted octanol–water partition coefficient (Wildman–Crippen LogP) is 3.13. The number of hydrogen-bond acceptors (Lipinski definition) is 3. The lowest BCUT2D eigenvalue weighted by Gasteiger charge is -2.09. The molecule has 3 aromatic rings. The van der Waals surface area contributed by atoms with Crippen molar-refractivity contribution in [1.82, 2.24) is 14.5 Å². The van der Waals surface area contributed by atoms with Gasteiger partial charge in [-0.2, -0.15) is 0 Å². The summed E-state index contributed by atoms with van der Waals surface area (Å²) in [5.41, 5.74) is 2.36. The van der Waals surface area contributed by atoms with Crippen LogP contribution in [0.4, 0.5) is 0 Å². The highest BCUT2D eigenvalue weighted by Gasteiger charge is 2.12. The molecule has 2 aromatic heterocycles. The van der Waals surface area contributed by atoms with E-state index in [0.717, 1.165) is 5.56 Å². The Hall–Kier alpha value is -2.20. The molecule has 0 saturated carbocycles. The Kier molecular flexibility index (Phi) is 3.24. The third-order valence-electron chi connectivity index (χ3n) is 3.14. The average molecular weight is 286 g/mol. The number of hydrogen-bond donors (Lipinski definition) is 0. The number of pyridine rings is 1. The molecule has 0 spiro atoms. The zero-order valence-corrected chi connectivity index (χ0v) is 11.6. The van der Waals surface area contributed by atoms with E-state index in [1.54, 1.807) is 35.0 Å². The lowest BCUT2D eigenvalue weighted by Crippen LogP contribution is -2.23. The van der Waals surface area contributed by atoms with Gasteiger partial charge in [0.05, 0.1) is 0 Å². The van der Waals surface area contributed by atoms with Gasteiger partial charge >= 0.3 is 0 Å². The quantitative estimate of drug-likeness (QED) is 0.727. The summed E-state index contributed by atoms with van der Waals surface area (Å²) in [7, 11) is 0. The molecule has 0 radical (unpaired) electrons. The van der Waals surface area contributed by atoms with Crippen LogP contribution in [0, 0.1) is 0 Å². The monoisotopic (exact) mass is 285 g/mol. The number of aryl methyl sites for hydroxylation is 1. The molecule has 0 N–H and O–H groups in total. The maximum atomic E-state index is 12.5. The molecule has 2 heterocycles. The van der Waals surface area contributed by atoms with Gasteiger partial charge in [-0.25, -0.2) is 9.97 Å². The van der Waals surface area contributed by atoms with Crippen molar-refractivity contribution in [1.29, 1.82) is 0 Å². The first-order chi connectivity index (χ1) is 9.70. The van der Waals surface area contributed by atoms with Gasteiger partial charge in [-0.1, -0.05) is 23.7 Å². The fraction of sp³-hybridized carbons (Fsp3) is 0.133. The van der Waals surface area contributed by atoms with Crippen LogP contribution in [0.2, 0.25) is 5.02 Å². The molecule has 0 bridgehead atoms. The smallest absolute Gasteiger partial charge is 0.278 e. The Morgan fingerprint density at radius 3 is 2.65 bits per heavy atom. The van der Waals surface area contributed by atoms with E-state index in [1.165, 1.54) is 0 Å². The highest BCUT2D eigenvalue weighted by atomic mass is 35.5. The van der Waals surface area contributed by atoms with E-state index in [1.807, 2.05) is 19.1 Å². The molecule has 4 nitrogen and oxygen atoms in total. The van der Waals surface area contributed by atoms with Crippen molar-refractivity contribution in [3.8, 4) is 11.3 Å². The molecule has 0 aliphatic rings. The van der Waals surface area contributed by atoms with E-state index in [0.29, 0.717) is 28.4 Å². The lowest BCUT2D eigenvalue weighted by molar-refractivity contribution is 0.745. The summed E-state index contributed by atoms with van der Waals surface area (Å²) in [6, 6.07) is 10.8. The van der Waals surface area contributed by atoms with Gasteiger partial charge in [0, 0.05) is 23.3 Å². The fourth-order valence-electron chi connectivity index (χ4n) is 2.17. The molecule has 100 valence electrons. The summed E-state index contributed by atoms with van der Waals surface area (Å²) in [4.78, 5) is 21.2. The van der Waals surface area contributed by atoms with Gasteiger partial charge in [-0.15, -0.1) is 0 Å². The van der Waals surface area contributed by atoms with Crippen LogP contribution in [0.25, 0.3) is 22.4 Å². The maximum Gasteiger partial charge on any atom is 0.278 e. The first-order valence-corrected chi connectivity index (χ1v) is 6.70. The SMILES string of the molecule is CCn1c(=O)c(-c2ccc(Cl)cc2)nc2cccnc21. The standard InChI is InChI=1S/C15H12ClN3O/c1-2-19-14-12(4-3-9-17-14)18-13(15(19)20)10-5-7-11(16)8-6-10/h3-9H,2H2,1H3. The molecule has 20 heavy (non-hydrogen) atoms. The van der Waals surface area contributed by atoms with Crippen molar-refractivity contribution in [3.63, 3.8) is 0 Å². The molecule has 0 fully saturated rings. The number of aromatic nitrogens is 3. The largest absolute Gasteiger partial charge is 0.290 e. The van der Waals surface area contributed by atoms with Crippen LogP contribution in [0.15, 0.2) is 47.4 Å². The third-order valence-corrected chi connectivity index (χ3v) is 3.39. The molecule has 3 rings (SSSR count). The molecular weight excluding hydrogens is 274 g/mol. The Bertz CT molecular complexity index is 825. The van der Waals surface area contributed by atoms with E-state index >= 15 is 0 Å². The first kappa shape index (κ1) is 12.8. The molecule has 0 aliphatic heterocycles. The topological polar surface area (TPSA) is 47.8 Å². The van der Waals surface area contributed by atoms with Crippen molar-refractivity contribution in [2.75, 3.05) is 0 Å². The van der Waals surface area contributed by atoms with Gasteiger partial charge in [-0.05, 0) is 31.2 Å². The minimum absolute atomic E-state index is 0.138. The number of benzene rings is 1. The van der Waals surface area contributed by atoms with Crippen molar-refractivity contribution in [2.45, 2.75) is 13.5 Å². The molecule has 1 aromatic carbocycles. The molecule has 0 amide bonds. The summed E-state index contributed by atoms with van der Waals surface area (Å²) in [6.07, 6.45) is 1.66. The minimum atomic E-state index is -0.138. The van der Waals surface area contributed by atoms with Crippen LogP contribution in [-0.2, 0) is 6.54 Å². The summed E-state index contributed by atoms with van der Waals surface area (Å²) >= 11 is 5.88. The Balaban J connectivity index is 2.34. The van der Waals surface area contributed by atoms with E-state index < -0.39 is 0 Å². The van der Waals surface area contributed by atoms with E-state index in [2.05, 4.69) is 9.97 Å². The van der Waals surface area contributed by atoms with Crippen molar-refractivity contribution >= 4 is 22.8 Å². The Labute approximate surface area is 120 Å². The molecule has 0 atom stereocenters. The summed E-state index contributed by atoms with van der Waals surface area (Å²) < 4.78 is 1.63. The van der Waals surface area contributed by atoms with Gasteiger partial charge in [-0.3, -0.25) is 9.36 Å². The molecular formula is C15H12ClN3O. The van der Waals surface area contributed by atoms with Crippen molar-refractivity contribution in [2.24, 2.45) is 0 Å². The van der Waals surface area contributed by atoms with E-state index in [-0.39, 0.29) is 5.56 Å². The number of halogens is 1. The molecule has 5 heteroatoms. The van der Waals surface area contributed by atoms with Crippen molar-refractivity contribution < 1.29 is 0 Å². The van der Waals surface area contributed by atoms with Gasteiger partial charge < -0.3 is 0 Å². The molecule has 0 aliphatic carbocycles. The second kappa shape index (κ2) is 5.06. The highest BCUT2D eigenvalue weighted by Crippen LogP contribution is 2.19. The number of rotatable bonds is 2. The van der Waals surface area contributed by atoms with Crippen molar-refractivity contribution in [3.05, 3.63) is 58.0 Å². The zero-order chi connectivity index (χ0) is 14.1. The Morgan fingerprint density at radius 2 is 1.95 bits per heavy atom. The first-order valence-electron chi connectivity index (χ1n) is 6.32.